The molecule has 0 saturated carbocycles. The third-order valence-corrected chi connectivity index (χ3v) is 6.05. The number of amides is 1. The van der Waals surface area contributed by atoms with Crippen LogP contribution in [-0.4, -0.2) is 26.7 Å². The number of nitriles is 1. The molecule has 2 heterocycles. The SMILES string of the molecule is CNC(=O)c1cc(S(=O)c2ccc(C#N)nc2)c(C)n(-c2cccc(C(F)(F)F)c2)c1=O. The van der Waals surface area contributed by atoms with Gasteiger partial charge in [-0.2, -0.15) is 18.4 Å². The van der Waals surface area contributed by atoms with E-state index in [0.717, 1.165) is 28.8 Å². The molecule has 0 aliphatic heterocycles. The van der Waals surface area contributed by atoms with Gasteiger partial charge in [0, 0.05) is 24.6 Å². The summed E-state index contributed by atoms with van der Waals surface area (Å²) >= 11 is 0. The van der Waals surface area contributed by atoms with Gasteiger partial charge in [-0.05, 0) is 43.3 Å². The second-order valence-electron chi connectivity index (χ2n) is 6.54. The predicted molar refractivity (Wildman–Crippen MR) is 109 cm³/mol. The van der Waals surface area contributed by atoms with E-state index in [2.05, 4.69) is 10.3 Å². The summed E-state index contributed by atoms with van der Waals surface area (Å²) < 4.78 is 53.8. The first kappa shape index (κ1) is 22.9. The van der Waals surface area contributed by atoms with Gasteiger partial charge < -0.3 is 5.32 Å². The van der Waals surface area contributed by atoms with Crippen LogP contribution in [0.4, 0.5) is 13.2 Å². The van der Waals surface area contributed by atoms with E-state index in [1.165, 1.54) is 38.4 Å². The van der Waals surface area contributed by atoms with Crippen molar-refractivity contribution in [3.63, 3.8) is 0 Å². The number of nitrogens with zero attached hydrogens (tertiary/aromatic N) is 3. The molecule has 3 rings (SSSR count). The fourth-order valence-corrected chi connectivity index (χ4v) is 4.16. The normalized spacial score (nSPS) is 12.1. The van der Waals surface area contributed by atoms with E-state index in [1.807, 2.05) is 6.07 Å². The Kier molecular flexibility index (Phi) is 6.27. The molecular weight excluding hydrogens is 445 g/mol. The van der Waals surface area contributed by atoms with Crippen LogP contribution in [0.15, 0.2) is 63.2 Å². The van der Waals surface area contributed by atoms with Gasteiger partial charge in [-0.1, -0.05) is 6.07 Å². The van der Waals surface area contributed by atoms with E-state index in [0.29, 0.717) is 0 Å². The predicted octanol–water partition coefficient (Wildman–Crippen LogP) is 2.96. The summed E-state index contributed by atoms with van der Waals surface area (Å²) in [7, 11) is -0.657. The summed E-state index contributed by atoms with van der Waals surface area (Å²) in [5.41, 5.74) is -2.18. The van der Waals surface area contributed by atoms with Crippen LogP contribution < -0.4 is 10.9 Å². The molecule has 1 aromatic carbocycles. The van der Waals surface area contributed by atoms with Crippen LogP contribution in [0.3, 0.4) is 0 Å². The standard InChI is InChI=1S/C21H15F3N4O3S/c1-12-18(32(31)16-7-6-14(10-25)27-11-16)9-17(19(29)26-2)20(30)28(12)15-5-3-4-13(8-15)21(22,23)24/h3-9,11H,1-2H3,(H,26,29). The largest absolute Gasteiger partial charge is 0.416 e. The molecule has 11 heteroatoms. The topological polar surface area (TPSA) is 105 Å². The van der Waals surface area contributed by atoms with E-state index >= 15 is 0 Å². The summed E-state index contributed by atoms with van der Waals surface area (Å²) in [4.78, 5) is 29.4. The number of rotatable bonds is 4. The number of carbonyl (C=O) groups excluding carboxylic acids is 1. The van der Waals surface area contributed by atoms with E-state index in [4.69, 9.17) is 5.26 Å². The van der Waals surface area contributed by atoms with Crippen LogP contribution in [0.1, 0.15) is 27.3 Å². The Balaban J connectivity index is 2.29. The molecule has 3 aromatic rings. The number of alkyl halides is 3. The summed E-state index contributed by atoms with van der Waals surface area (Å²) in [6.45, 7) is 1.42. The van der Waals surface area contributed by atoms with Crippen LogP contribution in [-0.2, 0) is 17.0 Å². The molecule has 1 atom stereocenters. The van der Waals surface area contributed by atoms with Gasteiger partial charge in [-0.15, -0.1) is 0 Å². The van der Waals surface area contributed by atoms with Crippen LogP contribution in [0.25, 0.3) is 5.69 Å². The van der Waals surface area contributed by atoms with Gasteiger partial charge in [0.1, 0.15) is 17.3 Å². The molecule has 32 heavy (non-hydrogen) atoms. The molecule has 164 valence electrons. The minimum absolute atomic E-state index is 0.0344. The Morgan fingerprint density at radius 3 is 2.50 bits per heavy atom. The zero-order chi connectivity index (χ0) is 23.6. The average molecular weight is 460 g/mol. The van der Waals surface area contributed by atoms with Gasteiger partial charge in [0.05, 0.1) is 26.2 Å². The lowest BCUT2D eigenvalue weighted by atomic mass is 10.1. The fraction of sp³-hybridized carbons (Fsp3) is 0.143. The second kappa shape index (κ2) is 8.76. The highest BCUT2D eigenvalue weighted by Gasteiger charge is 2.31. The highest BCUT2D eigenvalue weighted by Crippen LogP contribution is 2.31. The maximum atomic E-state index is 13.2. The second-order valence-corrected chi connectivity index (χ2v) is 7.98. The maximum absolute atomic E-state index is 13.2. The molecule has 0 saturated heterocycles. The molecule has 1 amide bonds. The van der Waals surface area contributed by atoms with Crippen LogP contribution in [0.5, 0.6) is 0 Å². The molecule has 0 bridgehead atoms. The summed E-state index contributed by atoms with van der Waals surface area (Å²) in [6.07, 6.45) is -3.43. The summed E-state index contributed by atoms with van der Waals surface area (Å²) in [6, 6.07) is 9.79. The van der Waals surface area contributed by atoms with Crippen LogP contribution in [0, 0.1) is 18.3 Å². The van der Waals surface area contributed by atoms with Crippen molar-refractivity contribution in [3.05, 3.63) is 81.5 Å². The third kappa shape index (κ3) is 4.31. The third-order valence-electron chi connectivity index (χ3n) is 4.57. The van der Waals surface area contributed by atoms with E-state index < -0.39 is 34.0 Å². The zero-order valence-electron chi connectivity index (χ0n) is 16.7. The molecule has 0 aliphatic carbocycles. The van der Waals surface area contributed by atoms with Crippen LogP contribution >= 0.6 is 0 Å². The van der Waals surface area contributed by atoms with Gasteiger partial charge in [-0.25, -0.2) is 9.19 Å². The lowest BCUT2D eigenvalue weighted by molar-refractivity contribution is -0.137. The Morgan fingerprint density at radius 2 is 1.94 bits per heavy atom. The lowest BCUT2D eigenvalue weighted by Gasteiger charge is -2.17. The Hall–Kier alpha value is -3.78. The molecule has 7 nitrogen and oxygen atoms in total. The van der Waals surface area contributed by atoms with Gasteiger partial charge in [-0.3, -0.25) is 14.2 Å². The molecular formula is C21H15F3N4O3S. The zero-order valence-corrected chi connectivity index (χ0v) is 17.5. The fourth-order valence-electron chi connectivity index (χ4n) is 2.98. The van der Waals surface area contributed by atoms with Crippen molar-refractivity contribution in [2.24, 2.45) is 0 Å². The van der Waals surface area contributed by atoms with Gasteiger partial charge in [0.2, 0.25) is 0 Å². The van der Waals surface area contributed by atoms with Crippen molar-refractivity contribution in [3.8, 4) is 11.8 Å². The minimum Gasteiger partial charge on any atom is -0.355 e. The Labute approximate surface area is 182 Å². The maximum Gasteiger partial charge on any atom is 0.416 e. The number of pyridine rings is 2. The Morgan fingerprint density at radius 1 is 1.22 bits per heavy atom. The first-order valence-electron chi connectivity index (χ1n) is 9.02. The summed E-state index contributed by atoms with van der Waals surface area (Å²) in [5, 5.41) is 11.2. The van der Waals surface area contributed by atoms with Gasteiger partial charge >= 0.3 is 6.18 Å². The Bertz CT molecular complexity index is 1330. The molecule has 2 aromatic heterocycles. The monoisotopic (exact) mass is 460 g/mol. The number of halogens is 3. The quantitative estimate of drug-likeness (QED) is 0.645. The smallest absolute Gasteiger partial charge is 0.355 e. The van der Waals surface area contributed by atoms with Crippen molar-refractivity contribution in [2.75, 3.05) is 7.05 Å². The average Bonchev–Trinajstić information content (AvgIpc) is 2.78. The van der Waals surface area contributed by atoms with E-state index in [9.17, 15) is 27.0 Å². The molecule has 0 radical (unpaired) electrons. The van der Waals surface area contributed by atoms with Gasteiger partial charge in [0.25, 0.3) is 11.5 Å². The number of hydrogen-bond donors (Lipinski definition) is 1. The first-order chi connectivity index (χ1) is 15.1. The molecule has 1 unspecified atom stereocenters. The lowest BCUT2D eigenvalue weighted by Crippen LogP contribution is -2.32. The van der Waals surface area contributed by atoms with Crippen molar-refractivity contribution in [1.29, 1.82) is 5.26 Å². The minimum atomic E-state index is -4.65. The number of hydrogen-bond acceptors (Lipinski definition) is 5. The van der Waals surface area contributed by atoms with Crippen molar-refractivity contribution >= 4 is 16.7 Å². The van der Waals surface area contributed by atoms with Crippen molar-refractivity contribution in [2.45, 2.75) is 22.9 Å². The van der Waals surface area contributed by atoms with Crippen molar-refractivity contribution in [1.82, 2.24) is 14.9 Å². The highest BCUT2D eigenvalue weighted by molar-refractivity contribution is 7.85. The first-order valence-corrected chi connectivity index (χ1v) is 10.2. The molecule has 0 aliphatic rings. The molecule has 0 fully saturated rings. The number of carbonyl (C=O) groups is 1. The van der Waals surface area contributed by atoms with Gasteiger partial charge in [0.15, 0.2) is 0 Å². The van der Waals surface area contributed by atoms with E-state index in [-0.39, 0.29) is 32.4 Å². The van der Waals surface area contributed by atoms with Crippen molar-refractivity contribution < 1.29 is 22.2 Å². The molecule has 0 spiro atoms. The van der Waals surface area contributed by atoms with E-state index in [1.54, 1.807) is 0 Å². The highest BCUT2D eigenvalue weighted by atomic mass is 32.2. The summed E-state index contributed by atoms with van der Waals surface area (Å²) in [5.74, 6) is -0.785. The number of benzene rings is 1. The number of aromatic nitrogens is 2. The van der Waals surface area contributed by atoms with Crippen LogP contribution in [0.2, 0.25) is 0 Å². The molecule has 1 N–H and O–H groups in total. The number of nitrogens with one attached hydrogen (secondary N) is 1.